The highest BCUT2D eigenvalue weighted by atomic mass is 16.5. The number of rotatable bonds is 3. The van der Waals surface area contributed by atoms with Crippen LogP contribution in [0, 0.1) is 6.92 Å². The molecule has 1 atom stereocenters. The van der Waals surface area contributed by atoms with Gasteiger partial charge in [0.1, 0.15) is 6.04 Å². The monoisotopic (exact) mass is 326 g/mol. The lowest BCUT2D eigenvalue weighted by Crippen LogP contribution is -2.44. The lowest BCUT2D eigenvalue weighted by atomic mass is 10.1. The molecule has 3 aromatic rings. The van der Waals surface area contributed by atoms with Crippen molar-refractivity contribution in [3.8, 4) is 0 Å². The Balaban J connectivity index is 1.61. The smallest absolute Gasteiger partial charge is 0.227 e. The number of fused-ring (bicyclic) bond motifs is 1. The van der Waals surface area contributed by atoms with Gasteiger partial charge in [0.25, 0.3) is 0 Å². The van der Waals surface area contributed by atoms with Crippen LogP contribution in [-0.4, -0.2) is 45.7 Å². The summed E-state index contributed by atoms with van der Waals surface area (Å²) in [6.45, 7) is 3.43. The van der Waals surface area contributed by atoms with Crippen LogP contribution in [0.4, 0.5) is 0 Å². The molecule has 4 rings (SSSR count). The maximum atomic E-state index is 12.9. The normalized spacial score (nSPS) is 18.2. The summed E-state index contributed by atoms with van der Waals surface area (Å²) in [6.07, 6.45) is 1.61. The molecule has 124 valence electrons. The average Bonchev–Trinajstić information content (AvgIpc) is 3.24. The topological polar surface area (TPSA) is 84.2 Å². The number of morpholine rings is 1. The number of ether oxygens (including phenoxy) is 1. The molecular formula is C17H18N4O3. The van der Waals surface area contributed by atoms with Crippen LogP contribution in [0.3, 0.4) is 0 Å². The molecular weight excluding hydrogens is 308 g/mol. The largest absolute Gasteiger partial charge is 0.377 e. The SMILES string of the molecule is Cc1[nH]c2ccccc2c1CC(=O)N1CCOCC1c1ncon1. The molecule has 2 aromatic heterocycles. The Bertz CT molecular complexity index is 856. The van der Waals surface area contributed by atoms with Gasteiger partial charge in [-0.15, -0.1) is 0 Å². The first kappa shape index (κ1) is 14.9. The van der Waals surface area contributed by atoms with Gasteiger partial charge in [0, 0.05) is 23.1 Å². The molecule has 1 saturated heterocycles. The molecule has 1 amide bonds. The highest BCUT2D eigenvalue weighted by Crippen LogP contribution is 2.26. The van der Waals surface area contributed by atoms with Crippen LogP contribution >= 0.6 is 0 Å². The summed E-state index contributed by atoms with van der Waals surface area (Å²) >= 11 is 0. The second kappa shape index (κ2) is 6.09. The molecule has 0 saturated carbocycles. The third kappa shape index (κ3) is 2.56. The quantitative estimate of drug-likeness (QED) is 0.796. The van der Waals surface area contributed by atoms with Gasteiger partial charge in [-0.2, -0.15) is 4.98 Å². The van der Waals surface area contributed by atoms with E-state index in [1.54, 1.807) is 4.90 Å². The van der Waals surface area contributed by atoms with Gasteiger partial charge in [0.2, 0.25) is 12.3 Å². The Kier molecular flexibility index (Phi) is 3.78. The Labute approximate surface area is 138 Å². The molecule has 24 heavy (non-hydrogen) atoms. The predicted molar refractivity (Wildman–Crippen MR) is 86.3 cm³/mol. The van der Waals surface area contributed by atoms with Gasteiger partial charge in [0.05, 0.1) is 19.6 Å². The molecule has 7 nitrogen and oxygen atoms in total. The summed E-state index contributed by atoms with van der Waals surface area (Å²) in [5, 5.41) is 4.96. The fraction of sp³-hybridized carbons (Fsp3) is 0.353. The first-order valence-electron chi connectivity index (χ1n) is 7.93. The zero-order valence-electron chi connectivity index (χ0n) is 13.4. The Morgan fingerprint density at radius 3 is 3.12 bits per heavy atom. The summed E-state index contributed by atoms with van der Waals surface area (Å²) in [5.74, 6) is 0.527. The number of aryl methyl sites for hydroxylation is 1. The number of benzene rings is 1. The zero-order valence-corrected chi connectivity index (χ0v) is 13.4. The van der Waals surface area contributed by atoms with E-state index in [-0.39, 0.29) is 11.9 Å². The second-order valence-corrected chi connectivity index (χ2v) is 5.92. The number of carbonyl (C=O) groups is 1. The first-order valence-corrected chi connectivity index (χ1v) is 7.93. The molecule has 1 aliphatic rings. The number of amides is 1. The number of para-hydroxylation sites is 1. The highest BCUT2D eigenvalue weighted by Gasteiger charge is 2.32. The van der Waals surface area contributed by atoms with Gasteiger partial charge in [-0.3, -0.25) is 4.79 Å². The second-order valence-electron chi connectivity index (χ2n) is 5.92. The fourth-order valence-electron chi connectivity index (χ4n) is 3.26. The molecule has 0 bridgehead atoms. The number of hydrogen-bond acceptors (Lipinski definition) is 5. The minimum atomic E-state index is -0.296. The van der Waals surface area contributed by atoms with Gasteiger partial charge in [0.15, 0.2) is 5.82 Å². The average molecular weight is 326 g/mol. The van der Waals surface area contributed by atoms with Crippen molar-refractivity contribution in [3.05, 3.63) is 47.7 Å². The van der Waals surface area contributed by atoms with Crippen molar-refractivity contribution in [2.75, 3.05) is 19.8 Å². The number of nitrogens with one attached hydrogen (secondary N) is 1. The molecule has 1 N–H and O–H groups in total. The van der Waals surface area contributed by atoms with E-state index in [1.807, 2.05) is 31.2 Å². The van der Waals surface area contributed by atoms with E-state index < -0.39 is 0 Å². The van der Waals surface area contributed by atoms with E-state index in [2.05, 4.69) is 15.1 Å². The lowest BCUT2D eigenvalue weighted by Gasteiger charge is -2.33. The summed E-state index contributed by atoms with van der Waals surface area (Å²) in [7, 11) is 0. The van der Waals surface area contributed by atoms with Crippen molar-refractivity contribution < 1.29 is 14.1 Å². The Morgan fingerprint density at radius 2 is 2.29 bits per heavy atom. The van der Waals surface area contributed by atoms with Crippen LogP contribution < -0.4 is 0 Å². The molecule has 0 aliphatic carbocycles. The van der Waals surface area contributed by atoms with Crippen LogP contribution in [0.5, 0.6) is 0 Å². The minimum Gasteiger partial charge on any atom is -0.377 e. The molecule has 1 fully saturated rings. The maximum Gasteiger partial charge on any atom is 0.227 e. The zero-order chi connectivity index (χ0) is 16.5. The van der Waals surface area contributed by atoms with E-state index in [0.29, 0.717) is 32.0 Å². The number of nitrogens with zero attached hydrogens (tertiary/aromatic N) is 3. The van der Waals surface area contributed by atoms with Crippen molar-refractivity contribution in [1.82, 2.24) is 20.0 Å². The van der Waals surface area contributed by atoms with Crippen molar-refractivity contribution in [2.45, 2.75) is 19.4 Å². The van der Waals surface area contributed by atoms with Gasteiger partial charge >= 0.3 is 0 Å². The van der Waals surface area contributed by atoms with Gasteiger partial charge in [-0.1, -0.05) is 23.4 Å². The number of hydrogen-bond donors (Lipinski definition) is 1. The van der Waals surface area contributed by atoms with Crippen LogP contribution in [0.1, 0.15) is 23.1 Å². The molecule has 1 unspecified atom stereocenters. The summed E-state index contributed by atoms with van der Waals surface area (Å²) in [4.78, 5) is 22.1. The van der Waals surface area contributed by atoms with E-state index in [0.717, 1.165) is 22.2 Å². The van der Waals surface area contributed by atoms with Crippen molar-refractivity contribution in [1.29, 1.82) is 0 Å². The number of aromatic amines is 1. The minimum absolute atomic E-state index is 0.0425. The highest BCUT2D eigenvalue weighted by molar-refractivity contribution is 5.90. The maximum absolute atomic E-state index is 12.9. The summed E-state index contributed by atoms with van der Waals surface area (Å²) in [6, 6.07) is 7.74. The number of H-pyrrole nitrogens is 1. The third-order valence-corrected chi connectivity index (χ3v) is 4.48. The summed E-state index contributed by atoms with van der Waals surface area (Å²) < 4.78 is 10.3. The standard InChI is InChI=1S/C17H18N4O3/c1-11-13(12-4-2-3-5-14(12)19-11)8-16(22)21-6-7-23-9-15(21)17-18-10-24-20-17/h2-5,10,15,19H,6-9H2,1H3. The predicted octanol–water partition coefficient (Wildman–Crippen LogP) is 2.00. The fourth-order valence-corrected chi connectivity index (χ4v) is 3.26. The molecule has 1 aromatic carbocycles. The summed E-state index contributed by atoms with van der Waals surface area (Å²) in [5.41, 5.74) is 3.11. The molecule has 1 aliphatic heterocycles. The van der Waals surface area contributed by atoms with Crippen LogP contribution in [-0.2, 0) is 16.0 Å². The van der Waals surface area contributed by atoms with Crippen molar-refractivity contribution >= 4 is 16.8 Å². The molecule has 3 heterocycles. The van der Waals surface area contributed by atoms with Gasteiger partial charge in [-0.05, 0) is 18.6 Å². The van der Waals surface area contributed by atoms with E-state index >= 15 is 0 Å². The first-order chi connectivity index (χ1) is 11.7. The van der Waals surface area contributed by atoms with Crippen molar-refractivity contribution in [2.24, 2.45) is 0 Å². The van der Waals surface area contributed by atoms with Crippen LogP contribution in [0.2, 0.25) is 0 Å². The Morgan fingerprint density at radius 1 is 1.42 bits per heavy atom. The molecule has 0 radical (unpaired) electrons. The molecule has 7 heteroatoms. The third-order valence-electron chi connectivity index (χ3n) is 4.48. The van der Waals surface area contributed by atoms with E-state index in [4.69, 9.17) is 9.26 Å². The van der Waals surface area contributed by atoms with Gasteiger partial charge in [-0.25, -0.2) is 0 Å². The van der Waals surface area contributed by atoms with E-state index in [1.165, 1.54) is 6.39 Å². The lowest BCUT2D eigenvalue weighted by molar-refractivity contribution is -0.139. The number of carbonyl (C=O) groups excluding carboxylic acids is 1. The van der Waals surface area contributed by atoms with E-state index in [9.17, 15) is 4.79 Å². The van der Waals surface area contributed by atoms with Crippen LogP contribution in [0.25, 0.3) is 10.9 Å². The Hall–Kier alpha value is -2.67. The van der Waals surface area contributed by atoms with Crippen molar-refractivity contribution in [3.63, 3.8) is 0 Å². The van der Waals surface area contributed by atoms with Gasteiger partial charge < -0.3 is 19.1 Å². The van der Waals surface area contributed by atoms with Crippen LogP contribution in [0.15, 0.2) is 35.2 Å². The molecule has 0 spiro atoms. The number of aromatic nitrogens is 3.